The summed E-state index contributed by atoms with van der Waals surface area (Å²) in [5.74, 6) is -1.27. The topological polar surface area (TPSA) is 80.4 Å². The van der Waals surface area contributed by atoms with Crippen molar-refractivity contribution in [3.63, 3.8) is 0 Å². The first-order valence-electron chi connectivity index (χ1n) is 4.17. The largest absolute Gasteiger partial charge is 0.478 e. The van der Waals surface area contributed by atoms with Crippen molar-refractivity contribution in [1.82, 2.24) is 0 Å². The molecule has 0 aromatic heterocycles. The quantitative estimate of drug-likeness (QED) is 0.638. The highest BCUT2D eigenvalue weighted by Crippen LogP contribution is 2.27. The number of carbonyl (C=O) groups is 1. The lowest BCUT2D eigenvalue weighted by Crippen LogP contribution is -2.02. The van der Waals surface area contributed by atoms with Gasteiger partial charge in [-0.15, -0.1) is 0 Å². The van der Waals surface area contributed by atoms with E-state index in [1.54, 1.807) is 6.92 Å². The molecule has 0 aliphatic heterocycles. The Labute approximate surface area is 90.4 Å². The number of aryl methyl sites for hydroxylation is 1. The molecule has 1 aromatic carbocycles. The van der Waals surface area contributed by atoms with E-state index in [-0.39, 0.29) is 16.3 Å². The second kappa shape index (κ2) is 4.27. The Balaban J connectivity index is 3.43. The summed E-state index contributed by atoms with van der Waals surface area (Å²) in [5, 5.41) is 19.4. The van der Waals surface area contributed by atoms with Gasteiger partial charge >= 0.3 is 5.97 Å². The average Bonchev–Trinajstić information content (AvgIpc) is 2.16. The molecular formula is C9H8ClNO4. The summed E-state index contributed by atoms with van der Waals surface area (Å²) >= 11 is 5.68. The molecule has 0 unspecified atom stereocenters. The van der Waals surface area contributed by atoms with Crippen molar-refractivity contribution in [3.05, 3.63) is 38.4 Å². The monoisotopic (exact) mass is 229 g/mol. The van der Waals surface area contributed by atoms with Crippen LogP contribution in [0.4, 0.5) is 5.69 Å². The van der Waals surface area contributed by atoms with Crippen LogP contribution in [0, 0.1) is 10.1 Å². The third-order valence-electron chi connectivity index (χ3n) is 1.98. The van der Waals surface area contributed by atoms with Crippen LogP contribution in [0.2, 0.25) is 5.02 Å². The lowest BCUT2D eigenvalue weighted by molar-refractivity contribution is -0.385. The molecule has 0 atom stereocenters. The van der Waals surface area contributed by atoms with Gasteiger partial charge in [0.05, 0.1) is 15.5 Å². The summed E-state index contributed by atoms with van der Waals surface area (Å²) in [5.41, 5.74) is -0.0325. The molecule has 0 aliphatic rings. The minimum atomic E-state index is -1.27. The number of nitro benzene ring substituents is 1. The van der Waals surface area contributed by atoms with Crippen LogP contribution in [0.3, 0.4) is 0 Å². The van der Waals surface area contributed by atoms with Crippen molar-refractivity contribution in [1.29, 1.82) is 0 Å². The van der Waals surface area contributed by atoms with Crippen LogP contribution < -0.4 is 0 Å². The number of rotatable bonds is 3. The molecule has 0 bridgehead atoms. The van der Waals surface area contributed by atoms with Gasteiger partial charge in [-0.1, -0.05) is 18.5 Å². The summed E-state index contributed by atoms with van der Waals surface area (Å²) in [6.45, 7) is 1.74. The van der Waals surface area contributed by atoms with Crippen molar-refractivity contribution in [2.75, 3.05) is 0 Å². The van der Waals surface area contributed by atoms with Crippen molar-refractivity contribution >= 4 is 23.3 Å². The number of aromatic carboxylic acids is 1. The van der Waals surface area contributed by atoms with Crippen LogP contribution in [0.1, 0.15) is 22.8 Å². The Morgan fingerprint density at radius 3 is 2.60 bits per heavy atom. The van der Waals surface area contributed by atoms with Crippen LogP contribution in [0.25, 0.3) is 0 Å². The summed E-state index contributed by atoms with van der Waals surface area (Å²) in [7, 11) is 0. The minimum Gasteiger partial charge on any atom is -0.478 e. The smallest absolute Gasteiger partial charge is 0.337 e. The molecule has 1 N–H and O–H groups in total. The summed E-state index contributed by atoms with van der Waals surface area (Å²) in [4.78, 5) is 20.7. The Morgan fingerprint density at radius 1 is 1.60 bits per heavy atom. The second-order valence-electron chi connectivity index (χ2n) is 2.88. The summed E-state index contributed by atoms with van der Waals surface area (Å²) < 4.78 is 0. The van der Waals surface area contributed by atoms with Crippen LogP contribution in [0.15, 0.2) is 12.1 Å². The number of carboxylic acid groups (broad SMARTS) is 1. The number of hydrogen-bond acceptors (Lipinski definition) is 3. The minimum absolute atomic E-state index is 0.0185. The highest BCUT2D eigenvalue weighted by molar-refractivity contribution is 6.33. The molecule has 0 saturated carbocycles. The molecular weight excluding hydrogens is 222 g/mol. The molecule has 80 valence electrons. The van der Waals surface area contributed by atoms with E-state index in [9.17, 15) is 14.9 Å². The number of carboxylic acids is 1. The maximum absolute atomic E-state index is 10.7. The van der Waals surface area contributed by atoms with E-state index in [2.05, 4.69) is 0 Å². The molecule has 0 spiro atoms. The summed E-state index contributed by atoms with van der Waals surface area (Å²) in [6.07, 6.45) is 0.427. The molecule has 6 heteroatoms. The molecule has 0 amide bonds. The summed E-state index contributed by atoms with van der Waals surface area (Å²) in [6, 6.07) is 2.31. The number of nitrogens with zero attached hydrogens (tertiary/aromatic N) is 1. The van der Waals surface area contributed by atoms with Gasteiger partial charge < -0.3 is 5.11 Å². The number of hydrogen-bond donors (Lipinski definition) is 1. The first-order chi connectivity index (χ1) is 6.97. The Morgan fingerprint density at radius 2 is 2.20 bits per heavy atom. The van der Waals surface area contributed by atoms with E-state index in [1.165, 1.54) is 6.07 Å². The van der Waals surface area contributed by atoms with E-state index in [1.807, 2.05) is 0 Å². The van der Waals surface area contributed by atoms with Gasteiger partial charge in [0.15, 0.2) is 0 Å². The second-order valence-corrected chi connectivity index (χ2v) is 3.28. The Bertz CT molecular complexity index is 430. The fourth-order valence-corrected chi connectivity index (χ4v) is 1.49. The number of nitro groups is 1. The van der Waals surface area contributed by atoms with Gasteiger partial charge in [0.25, 0.3) is 5.69 Å². The van der Waals surface area contributed by atoms with E-state index >= 15 is 0 Å². The third-order valence-corrected chi connectivity index (χ3v) is 2.29. The highest BCUT2D eigenvalue weighted by atomic mass is 35.5. The fourth-order valence-electron chi connectivity index (χ4n) is 1.22. The molecule has 0 radical (unpaired) electrons. The van der Waals surface area contributed by atoms with Gasteiger partial charge in [-0.25, -0.2) is 4.79 Å². The van der Waals surface area contributed by atoms with Gasteiger partial charge in [-0.2, -0.15) is 0 Å². The van der Waals surface area contributed by atoms with Crippen LogP contribution in [-0.2, 0) is 6.42 Å². The van der Waals surface area contributed by atoms with Gasteiger partial charge in [-0.05, 0) is 12.5 Å². The normalized spacial score (nSPS) is 10.0. The lowest BCUT2D eigenvalue weighted by atomic mass is 10.1. The highest BCUT2D eigenvalue weighted by Gasteiger charge is 2.19. The Kier molecular flexibility index (Phi) is 3.26. The molecule has 0 fully saturated rings. The van der Waals surface area contributed by atoms with Crippen LogP contribution in [-0.4, -0.2) is 16.0 Å². The van der Waals surface area contributed by atoms with Crippen molar-refractivity contribution < 1.29 is 14.8 Å². The number of halogens is 1. The molecule has 0 saturated heterocycles. The lowest BCUT2D eigenvalue weighted by Gasteiger charge is -2.03. The van der Waals surface area contributed by atoms with Crippen molar-refractivity contribution in [3.8, 4) is 0 Å². The molecule has 15 heavy (non-hydrogen) atoms. The van der Waals surface area contributed by atoms with Gasteiger partial charge in [0, 0.05) is 11.6 Å². The zero-order valence-electron chi connectivity index (χ0n) is 7.86. The average molecular weight is 230 g/mol. The molecule has 1 rings (SSSR count). The molecule has 1 aromatic rings. The third kappa shape index (κ3) is 2.24. The predicted molar refractivity (Wildman–Crippen MR) is 54.4 cm³/mol. The standard InChI is InChI=1S/C9H8ClNO4/c1-2-5-3-7(10)6(9(12)13)4-8(5)11(14)15/h3-4H,2H2,1H3,(H,12,13). The van der Waals surface area contributed by atoms with Gasteiger partial charge in [-0.3, -0.25) is 10.1 Å². The van der Waals surface area contributed by atoms with Crippen molar-refractivity contribution in [2.24, 2.45) is 0 Å². The SMILES string of the molecule is CCc1cc(Cl)c(C(=O)O)cc1[N+](=O)[O-]. The number of benzene rings is 1. The van der Waals surface area contributed by atoms with E-state index in [0.29, 0.717) is 12.0 Å². The van der Waals surface area contributed by atoms with E-state index < -0.39 is 10.9 Å². The zero-order valence-corrected chi connectivity index (χ0v) is 8.61. The van der Waals surface area contributed by atoms with Gasteiger partial charge in [0.2, 0.25) is 0 Å². The fraction of sp³-hybridized carbons (Fsp3) is 0.222. The Hall–Kier alpha value is -1.62. The van der Waals surface area contributed by atoms with E-state index in [0.717, 1.165) is 6.07 Å². The first-order valence-corrected chi connectivity index (χ1v) is 4.55. The molecule has 5 nitrogen and oxygen atoms in total. The zero-order chi connectivity index (χ0) is 11.6. The molecule has 0 heterocycles. The molecule has 0 aliphatic carbocycles. The van der Waals surface area contributed by atoms with Gasteiger partial charge in [0.1, 0.15) is 0 Å². The van der Waals surface area contributed by atoms with Crippen LogP contribution >= 0.6 is 11.6 Å². The first kappa shape index (κ1) is 11.5. The van der Waals surface area contributed by atoms with E-state index in [4.69, 9.17) is 16.7 Å². The van der Waals surface area contributed by atoms with Crippen LogP contribution in [0.5, 0.6) is 0 Å². The maximum Gasteiger partial charge on any atom is 0.337 e. The maximum atomic E-state index is 10.7. The van der Waals surface area contributed by atoms with Crippen molar-refractivity contribution in [2.45, 2.75) is 13.3 Å². The predicted octanol–water partition coefficient (Wildman–Crippen LogP) is 2.51.